The van der Waals surface area contributed by atoms with Crippen LogP contribution in [0, 0.1) is 12.7 Å². The summed E-state index contributed by atoms with van der Waals surface area (Å²) in [6, 6.07) is 3.72. The number of piperazine rings is 1. The van der Waals surface area contributed by atoms with Crippen LogP contribution in [0.5, 0.6) is 0 Å². The van der Waals surface area contributed by atoms with Crippen molar-refractivity contribution >= 4 is 32.4 Å². The third-order valence-corrected chi connectivity index (χ3v) is 7.19. The van der Waals surface area contributed by atoms with Crippen molar-refractivity contribution in [3.8, 4) is 0 Å². The van der Waals surface area contributed by atoms with E-state index in [4.69, 9.17) is 5.21 Å². The smallest absolute Gasteiger partial charge is 0.286 e. The van der Waals surface area contributed by atoms with Crippen molar-refractivity contribution in [3.63, 3.8) is 0 Å². The summed E-state index contributed by atoms with van der Waals surface area (Å²) in [5, 5.41) is 9.22. The third-order valence-electron chi connectivity index (χ3n) is 4.10. The number of nitrogens with one attached hydrogen (secondary N) is 1. The number of hydrogen-bond acceptors (Lipinski definition) is 7. The quantitative estimate of drug-likeness (QED) is 0.591. The van der Waals surface area contributed by atoms with E-state index in [0.717, 1.165) is 17.4 Å². The van der Waals surface area contributed by atoms with Crippen LogP contribution in [0.15, 0.2) is 29.3 Å². The molecule has 3 rings (SSSR count). The molecule has 1 saturated heterocycles. The van der Waals surface area contributed by atoms with E-state index in [0.29, 0.717) is 23.8 Å². The fourth-order valence-corrected chi connectivity index (χ4v) is 5.20. The largest absolute Gasteiger partial charge is 0.345 e. The van der Waals surface area contributed by atoms with Gasteiger partial charge in [0.2, 0.25) is 10.0 Å². The molecule has 11 heteroatoms. The van der Waals surface area contributed by atoms with Crippen LogP contribution in [0.1, 0.15) is 15.2 Å². The molecule has 2 N–H and O–H groups in total. The summed E-state index contributed by atoms with van der Waals surface area (Å²) in [6.07, 6.45) is 1.35. The average Bonchev–Trinajstić information content (AvgIpc) is 3.13. The Hall–Kier alpha value is -2.08. The van der Waals surface area contributed by atoms with Gasteiger partial charge in [0.25, 0.3) is 5.91 Å². The zero-order valence-corrected chi connectivity index (χ0v) is 15.5. The number of nitrogens with zero attached hydrogens (tertiary/aromatic N) is 3. The van der Waals surface area contributed by atoms with Gasteiger partial charge in [-0.25, -0.2) is 23.3 Å². The summed E-state index contributed by atoms with van der Waals surface area (Å²) in [4.78, 5) is 17.6. The lowest BCUT2D eigenvalue weighted by Gasteiger charge is -2.34. The molecule has 0 aliphatic carbocycles. The van der Waals surface area contributed by atoms with Crippen LogP contribution < -0.4 is 10.4 Å². The Morgan fingerprint density at radius 2 is 2.00 bits per heavy atom. The van der Waals surface area contributed by atoms with Crippen molar-refractivity contribution in [3.05, 3.63) is 40.7 Å². The lowest BCUT2D eigenvalue weighted by Crippen LogP contribution is -2.48. The van der Waals surface area contributed by atoms with Gasteiger partial charge >= 0.3 is 0 Å². The van der Waals surface area contributed by atoms with Crippen LogP contribution in [0.25, 0.3) is 0 Å². The first-order valence-corrected chi connectivity index (χ1v) is 10.00. The maximum absolute atomic E-state index is 13.5. The summed E-state index contributed by atoms with van der Waals surface area (Å²) in [5.41, 5.74) is 2.04. The Kier molecular flexibility index (Phi) is 5.23. The number of hydroxylamine groups is 1. The number of aromatic nitrogens is 1. The second kappa shape index (κ2) is 7.27. The summed E-state index contributed by atoms with van der Waals surface area (Å²) in [7, 11) is -3.78. The van der Waals surface area contributed by atoms with Crippen LogP contribution in [-0.2, 0) is 10.0 Å². The van der Waals surface area contributed by atoms with Gasteiger partial charge in [-0.2, -0.15) is 4.31 Å². The maximum atomic E-state index is 13.5. The number of sulfonamides is 1. The molecule has 0 saturated carbocycles. The first-order valence-electron chi connectivity index (χ1n) is 7.74. The Morgan fingerprint density at radius 1 is 1.31 bits per heavy atom. The van der Waals surface area contributed by atoms with Crippen LogP contribution in [0.4, 0.5) is 9.52 Å². The van der Waals surface area contributed by atoms with Crippen LogP contribution in [0.2, 0.25) is 0 Å². The standard InChI is InChI=1S/C15H17FN4O4S2/c1-10-2-3-11(16)8-13(10)26(23,24)20-6-4-19(5-7-20)15-17-9-12(25-15)14(21)18-22/h2-3,8-9,22H,4-7H2,1H3,(H,18,21). The highest BCUT2D eigenvalue weighted by molar-refractivity contribution is 7.89. The summed E-state index contributed by atoms with van der Waals surface area (Å²) in [5.74, 6) is -1.23. The number of carbonyl (C=O) groups is 1. The molecular weight excluding hydrogens is 383 g/mol. The average molecular weight is 400 g/mol. The minimum absolute atomic E-state index is 0.0258. The van der Waals surface area contributed by atoms with E-state index in [1.54, 1.807) is 12.4 Å². The van der Waals surface area contributed by atoms with E-state index < -0.39 is 21.7 Å². The molecule has 1 aromatic carbocycles. The van der Waals surface area contributed by atoms with Gasteiger partial charge in [0, 0.05) is 26.2 Å². The number of halogens is 1. The number of carbonyl (C=O) groups excluding carboxylic acids is 1. The van der Waals surface area contributed by atoms with E-state index in [9.17, 15) is 17.6 Å². The SMILES string of the molecule is Cc1ccc(F)cc1S(=O)(=O)N1CCN(c2ncc(C(=O)NO)s2)CC1. The lowest BCUT2D eigenvalue weighted by atomic mass is 10.2. The number of aryl methyl sites for hydroxylation is 1. The lowest BCUT2D eigenvalue weighted by molar-refractivity contribution is 0.0710. The van der Waals surface area contributed by atoms with Crippen LogP contribution in [0.3, 0.4) is 0 Å². The van der Waals surface area contributed by atoms with Gasteiger partial charge in [-0.05, 0) is 24.6 Å². The molecular formula is C15H17FN4O4S2. The molecule has 0 radical (unpaired) electrons. The zero-order valence-electron chi connectivity index (χ0n) is 13.8. The second-order valence-corrected chi connectivity index (χ2v) is 8.66. The summed E-state index contributed by atoms with van der Waals surface area (Å²) < 4.78 is 40.4. The summed E-state index contributed by atoms with van der Waals surface area (Å²) in [6.45, 7) is 2.85. The first-order chi connectivity index (χ1) is 12.3. The Morgan fingerprint density at radius 3 is 2.65 bits per heavy atom. The van der Waals surface area contributed by atoms with Gasteiger partial charge in [0.1, 0.15) is 10.7 Å². The fraction of sp³-hybridized carbons (Fsp3) is 0.333. The molecule has 0 atom stereocenters. The summed E-state index contributed by atoms with van der Waals surface area (Å²) >= 11 is 1.11. The molecule has 140 valence electrons. The monoisotopic (exact) mass is 400 g/mol. The first kappa shape index (κ1) is 18.7. The van der Waals surface area contributed by atoms with Crippen molar-refractivity contribution in [2.45, 2.75) is 11.8 Å². The molecule has 0 bridgehead atoms. The van der Waals surface area contributed by atoms with Crippen molar-refractivity contribution < 1.29 is 22.8 Å². The van der Waals surface area contributed by atoms with Crippen molar-refractivity contribution in [2.24, 2.45) is 0 Å². The van der Waals surface area contributed by atoms with Gasteiger partial charge in [0.05, 0.1) is 11.1 Å². The zero-order chi connectivity index (χ0) is 18.9. The molecule has 0 unspecified atom stereocenters. The van der Waals surface area contributed by atoms with Gasteiger partial charge < -0.3 is 4.90 Å². The van der Waals surface area contributed by atoms with Crippen molar-refractivity contribution in [1.29, 1.82) is 0 Å². The number of anilines is 1. The molecule has 0 spiro atoms. The van der Waals surface area contributed by atoms with Gasteiger partial charge in [-0.3, -0.25) is 10.0 Å². The molecule has 26 heavy (non-hydrogen) atoms. The Labute approximate surface area is 153 Å². The molecule has 2 aromatic rings. The molecule has 1 aliphatic heterocycles. The highest BCUT2D eigenvalue weighted by Gasteiger charge is 2.30. The predicted molar refractivity (Wildman–Crippen MR) is 93.5 cm³/mol. The van der Waals surface area contributed by atoms with E-state index in [1.165, 1.54) is 22.6 Å². The van der Waals surface area contributed by atoms with Gasteiger partial charge in [0.15, 0.2) is 5.13 Å². The number of hydrogen-bond donors (Lipinski definition) is 2. The molecule has 1 amide bonds. The van der Waals surface area contributed by atoms with Crippen molar-refractivity contribution in [1.82, 2.24) is 14.8 Å². The highest BCUT2D eigenvalue weighted by atomic mass is 32.2. The second-order valence-electron chi connectivity index (χ2n) is 5.75. The molecule has 8 nitrogen and oxygen atoms in total. The highest BCUT2D eigenvalue weighted by Crippen LogP contribution is 2.26. The van der Waals surface area contributed by atoms with Gasteiger partial charge in [-0.15, -0.1) is 0 Å². The number of rotatable bonds is 4. The normalized spacial score (nSPS) is 15.9. The topological polar surface area (TPSA) is 103 Å². The third kappa shape index (κ3) is 3.56. The number of benzene rings is 1. The predicted octanol–water partition coefficient (Wildman–Crippen LogP) is 1.22. The molecule has 1 aromatic heterocycles. The molecule has 1 fully saturated rings. The molecule has 2 heterocycles. The van der Waals surface area contributed by atoms with Crippen LogP contribution in [-0.4, -0.2) is 55.0 Å². The molecule has 1 aliphatic rings. The van der Waals surface area contributed by atoms with Crippen molar-refractivity contribution in [2.75, 3.05) is 31.1 Å². The van der Waals surface area contributed by atoms with Crippen LogP contribution >= 0.6 is 11.3 Å². The minimum Gasteiger partial charge on any atom is -0.345 e. The van der Waals surface area contributed by atoms with E-state index in [1.807, 2.05) is 4.90 Å². The number of amides is 1. The van der Waals surface area contributed by atoms with E-state index in [2.05, 4.69) is 4.98 Å². The van der Waals surface area contributed by atoms with Gasteiger partial charge in [-0.1, -0.05) is 17.4 Å². The Balaban J connectivity index is 1.73. The maximum Gasteiger partial charge on any atom is 0.286 e. The minimum atomic E-state index is -3.78. The number of thiazole rings is 1. The van der Waals surface area contributed by atoms with E-state index in [-0.39, 0.29) is 22.9 Å². The fourth-order valence-electron chi connectivity index (χ4n) is 2.68. The Bertz CT molecular complexity index is 923. The van der Waals surface area contributed by atoms with E-state index >= 15 is 0 Å².